The van der Waals surface area contributed by atoms with Crippen LogP contribution in [0, 0.1) is 0 Å². The number of amides is 1. The minimum Gasteiger partial charge on any atom is -0.395 e. The standard InChI is InChI=1S/C11H22N2O4S/c1-9(2)12(7-8-14)11(15)10-5-4-6-13(10)18(3,16)17/h9-10,14H,4-8H2,1-3H3. The summed E-state index contributed by atoms with van der Waals surface area (Å²) in [5, 5.41) is 8.98. The van der Waals surface area contributed by atoms with Crippen molar-refractivity contribution in [2.75, 3.05) is 26.0 Å². The predicted octanol–water partition coefficient (Wildman–Crippen LogP) is -0.360. The number of hydrogen-bond donors (Lipinski definition) is 1. The van der Waals surface area contributed by atoms with Gasteiger partial charge in [0, 0.05) is 19.1 Å². The first kappa shape index (κ1) is 15.4. The molecule has 1 atom stereocenters. The molecule has 0 aromatic carbocycles. The van der Waals surface area contributed by atoms with Gasteiger partial charge in [-0.3, -0.25) is 4.79 Å². The Kier molecular flexibility index (Phi) is 5.12. The lowest BCUT2D eigenvalue weighted by Crippen LogP contribution is -2.50. The van der Waals surface area contributed by atoms with Crippen LogP contribution in [-0.4, -0.2) is 66.7 Å². The van der Waals surface area contributed by atoms with Crippen LogP contribution in [0.15, 0.2) is 0 Å². The van der Waals surface area contributed by atoms with Crippen molar-refractivity contribution >= 4 is 15.9 Å². The molecular formula is C11H22N2O4S. The fourth-order valence-corrected chi connectivity index (χ4v) is 3.42. The van der Waals surface area contributed by atoms with E-state index < -0.39 is 16.1 Å². The van der Waals surface area contributed by atoms with Gasteiger partial charge in [0.05, 0.1) is 12.9 Å². The molecule has 106 valence electrons. The smallest absolute Gasteiger partial charge is 0.241 e. The molecular weight excluding hydrogens is 256 g/mol. The van der Waals surface area contributed by atoms with Crippen LogP contribution in [0.3, 0.4) is 0 Å². The summed E-state index contributed by atoms with van der Waals surface area (Å²) in [7, 11) is -3.35. The third kappa shape index (κ3) is 3.43. The molecule has 6 nitrogen and oxygen atoms in total. The number of carbonyl (C=O) groups is 1. The molecule has 0 aromatic rings. The van der Waals surface area contributed by atoms with Crippen molar-refractivity contribution in [2.45, 2.75) is 38.8 Å². The number of carbonyl (C=O) groups excluding carboxylic acids is 1. The molecule has 1 saturated heterocycles. The molecule has 0 aromatic heterocycles. The highest BCUT2D eigenvalue weighted by molar-refractivity contribution is 7.88. The van der Waals surface area contributed by atoms with Crippen molar-refractivity contribution in [3.8, 4) is 0 Å². The maximum absolute atomic E-state index is 12.3. The molecule has 0 spiro atoms. The average Bonchev–Trinajstić information content (AvgIpc) is 2.72. The fraction of sp³-hybridized carbons (Fsp3) is 0.909. The monoisotopic (exact) mass is 278 g/mol. The molecule has 1 heterocycles. The number of sulfonamides is 1. The van der Waals surface area contributed by atoms with E-state index in [0.29, 0.717) is 19.4 Å². The largest absolute Gasteiger partial charge is 0.395 e. The summed E-state index contributed by atoms with van der Waals surface area (Å²) in [6.45, 7) is 4.24. The van der Waals surface area contributed by atoms with Gasteiger partial charge >= 0.3 is 0 Å². The molecule has 1 unspecified atom stereocenters. The van der Waals surface area contributed by atoms with Gasteiger partial charge in [0.2, 0.25) is 15.9 Å². The lowest BCUT2D eigenvalue weighted by Gasteiger charge is -2.31. The quantitative estimate of drug-likeness (QED) is 0.745. The van der Waals surface area contributed by atoms with Crippen LogP contribution in [0.25, 0.3) is 0 Å². The van der Waals surface area contributed by atoms with Crippen LogP contribution in [0.4, 0.5) is 0 Å². The van der Waals surface area contributed by atoms with Crippen LogP contribution < -0.4 is 0 Å². The van der Waals surface area contributed by atoms with E-state index in [1.54, 1.807) is 0 Å². The first-order valence-electron chi connectivity index (χ1n) is 6.17. The van der Waals surface area contributed by atoms with Crippen LogP contribution in [0.5, 0.6) is 0 Å². The number of aliphatic hydroxyl groups excluding tert-OH is 1. The SMILES string of the molecule is CC(C)N(CCO)C(=O)C1CCCN1S(C)(=O)=O. The van der Waals surface area contributed by atoms with E-state index in [4.69, 9.17) is 5.11 Å². The van der Waals surface area contributed by atoms with Gasteiger partial charge in [0.25, 0.3) is 0 Å². The van der Waals surface area contributed by atoms with Crippen molar-refractivity contribution in [2.24, 2.45) is 0 Å². The molecule has 1 aliphatic rings. The van der Waals surface area contributed by atoms with Crippen molar-refractivity contribution in [3.05, 3.63) is 0 Å². The van der Waals surface area contributed by atoms with Gasteiger partial charge in [0.1, 0.15) is 6.04 Å². The third-order valence-corrected chi connectivity index (χ3v) is 4.45. The van der Waals surface area contributed by atoms with E-state index in [9.17, 15) is 13.2 Å². The Balaban J connectivity index is 2.88. The van der Waals surface area contributed by atoms with Crippen molar-refractivity contribution < 1.29 is 18.3 Å². The van der Waals surface area contributed by atoms with Gasteiger partial charge in [-0.25, -0.2) is 8.42 Å². The van der Waals surface area contributed by atoms with Gasteiger partial charge in [0.15, 0.2) is 0 Å². The molecule has 7 heteroatoms. The molecule has 0 radical (unpaired) electrons. The molecule has 1 aliphatic heterocycles. The lowest BCUT2D eigenvalue weighted by molar-refractivity contribution is -0.136. The number of aliphatic hydroxyl groups is 1. The number of hydrogen-bond acceptors (Lipinski definition) is 4. The van der Waals surface area contributed by atoms with E-state index in [2.05, 4.69) is 0 Å². The van der Waals surface area contributed by atoms with E-state index in [1.165, 1.54) is 9.21 Å². The number of nitrogens with zero attached hydrogens (tertiary/aromatic N) is 2. The highest BCUT2D eigenvalue weighted by atomic mass is 32.2. The lowest BCUT2D eigenvalue weighted by atomic mass is 10.2. The summed E-state index contributed by atoms with van der Waals surface area (Å²) in [5.41, 5.74) is 0. The Bertz CT molecular complexity index is 394. The zero-order valence-electron chi connectivity index (χ0n) is 11.2. The van der Waals surface area contributed by atoms with Gasteiger partial charge in [-0.2, -0.15) is 4.31 Å². The van der Waals surface area contributed by atoms with E-state index in [-0.39, 0.29) is 25.1 Å². The third-order valence-electron chi connectivity index (χ3n) is 3.16. The Labute approximate surface area is 109 Å². The Morgan fingerprint density at radius 3 is 2.56 bits per heavy atom. The minimum absolute atomic E-state index is 0.0494. The summed E-state index contributed by atoms with van der Waals surface area (Å²) in [6, 6.07) is -0.652. The maximum Gasteiger partial charge on any atom is 0.241 e. The molecule has 1 rings (SSSR count). The second kappa shape index (κ2) is 5.99. The highest BCUT2D eigenvalue weighted by Gasteiger charge is 2.38. The predicted molar refractivity (Wildman–Crippen MR) is 68.5 cm³/mol. The van der Waals surface area contributed by atoms with Gasteiger partial charge in [-0.05, 0) is 26.7 Å². The summed E-state index contributed by atoms with van der Waals surface area (Å²) in [4.78, 5) is 13.9. The van der Waals surface area contributed by atoms with Gasteiger partial charge < -0.3 is 10.0 Å². The molecule has 1 fully saturated rings. The fourth-order valence-electron chi connectivity index (χ4n) is 2.31. The summed E-state index contributed by atoms with van der Waals surface area (Å²) < 4.78 is 24.5. The topological polar surface area (TPSA) is 77.9 Å². The van der Waals surface area contributed by atoms with Crippen molar-refractivity contribution in [1.82, 2.24) is 9.21 Å². The van der Waals surface area contributed by atoms with E-state index >= 15 is 0 Å². The molecule has 1 amide bonds. The van der Waals surface area contributed by atoms with Crippen molar-refractivity contribution in [3.63, 3.8) is 0 Å². The van der Waals surface area contributed by atoms with E-state index in [1.807, 2.05) is 13.8 Å². The van der Waals surface area contributed by atoms with E-state index in [0.717, 1.165) is 6.26 Å². The molecule has 18 heavy (non-hydrogen) atoms. The van der Waals surface area contributed by atoms with Crippen LogP contribution in [0.1, 0.15) is 26.7 Å². The number of rotatable bonds is 5. The second-order valence-corrected chi connectivity index (χ2v) is 6.82. The molecule has 1 N–H and O–H groups in total. The minimum atomic E-state index is -3.35. The second-order valence-electron chi connectivity index (χ2n) is 4.88. The molecule has 0 saturated carbocycles. The average molecular weight is 278 g/mol. The maximum atomic E-state index is 12.3. The Morgan fingerprint density at radius 2 is 2.11 bits per heavy atom. The summed E-state index contributed by atoms with van der Waals surface area (Å²) >= 11 is 0. The first-order chi connectivity index (χ1) is 8.29. The highest BCUT2D eigenvalue weighted by Crippen LogP contribution is 2.22. The zero-order valence-corrected chi connectivity index (χ0v) is 12.0. The normalized spacial score (nSPS) is 21.5. The first-order valence-corrected chi connectivity index (χ1v) is 8.02. The summed E-state index contributed by atoms with van der Waals surface area (Å²) in [6.07, 6.45) is 2.39. The molecule has 0 aliphatic carbocycles. The van der Waals surface area contributed by atoms with Crippen LogP contribution >= 0.6 is 0 Å². The molecule has 0 bridgehead atoms. The van der Waals surface area contributed by atoms with Crippen LogP contribution in [-0.2, 0) is 14.8 Å². The van der Waals surface area contributed by atoms with Gasteiger partial charge in [-0.1, -0.05) is 0 Å². The van der Waals surface area contributed by atoms with Gasteiger partial charge in [-0.15, -0.1) is 0 Å². The zero-order chi connectivity index (χ0) is 13.9. The summed E-state index contributed by atoms with van der Waals surface area (Å²) in [5.74, 6) is -0.207. The Hall–Kier alpha value is -0.660. The van der Waals surface area contributed by atoms with Crippen LogP contribution in [0.2, 0.25) is 0 Å². The van der Waals surface area contributed by atoms with Crippen molar-refractivity contribution in [1.29, 1.82) is 0 Å². The Morgan fingerprint density at radius 1 is 1.50 bits per heavy atom.